The predicted molar refractivity (Wildman–Crippen MR) is 76.5 cm³/mol. The Morgan fingerprint density at radius 3 is 2.44 bits per heavy atom. The zero-order valence-corrected chi connectivity index (χ0v) is 12.1. The van der Waals surface area contributed by atoms with E-state index in [1.165, 1.54) is 0 Å². The number of hydrogen-bond acceptors (Lipinski definition) is 4. The van der Waals surface area contributed by atoms with E-state index in [9.17, 15) is 8.42 Å². The van der Waals surface area contributed by atoms with E-state index in [2.05, 4.69) is 0 Å². The van der Waals surface area contributed by atoms with Gasteiger partial charge in [-0.1, -0.05) is 18.2 Å². The van der Waals surface area contributed by atoms with E-state index in [0.717, 1.165) is 11.3 Å². The lowest BCUT2D eigenvalue weighted by atomic mass is 10.1. The summed E-state index contributed by atoms with van der Waals surface area (Å²) in [6.07, 6.45) is 0. The molecule has 0 spiro atoms. The second kappa shape index (κ2) is 6.20. The van der Waals surface area contributed by atoms with Crippen LogP contribution in [0.1, 0.15) is 19.4 Å². The topological polar surface area (TPSA) is 63.4 Å². The zero-order valence-electron chi connectivity index (χ0n) is 11.3. The molecule has 1 aromatic carbocycles. The first-order valence-electron chi connectivity index (χ1n) is 6.09. The average Bonchev–Trinajstić information content (AvgIpc) is 2.35. The Labute approximate surface area is 110 Å². The van der Waals surface area contributed by atoms with Crippen LogP contribution < -0.4 is 10.6 Å². The van der Waals surface area contributed by atoms with Gasteiger partial charge in [-0.3, -0.25) is 0 Å². The van der Waals surface area contributed by atoms with Crippen LogP contribution in [-0.4, -0.2) is 33.0 Å². The van der Waals surface area contributed by atoms with Gasteiger partial charge in [-0.05, 0) is 25.5 Å². The predicted octanol–water partition coefficient (Wildman–Crippen LogP) is 1.40. The summed E-state index contributed by atoms with van der Waals surface area (Å²) in [6, 6.07) is 7.79. The van der Waals surface area contributed by atoms with Crippen LogP contribution in [0.5, 0.6) is 0 Å². The molecule has 0 radical (unpaired) electrons. The lowest BCUT2D eigenvalue weighted by Gasteiger charge is -2.22. The molecule has 102 valence electrons. The second-order valence-electron chi connectivity index (χ2n) is 4.67. The molecule has 0 aliphatic carbocycles. The molecule has 4 nitrogen and oxygen atoms in total. The Bertz CT molecular complexity index is 484. The minimum absolute atomic E-state index is 0.167. The summed E-state index contributed by atoms with van der Waals surface area (Å²) in [5, 5.41) is -0.323. The van der Waals surface area contributed by atoms with Crippen molar-refractivity contribution < 1.29 is 8.42 Å². The molecule has 0 aliphatic rings. The minimum atomic E-state index is -2.99. The molecule has 5 heteroatoms. The van der Waals surface area contributed by atoms with Crippen LogP contribution in [0.3, 0.4) is 0 Å². The minimum Gasteiger partial charge on any atom is -0.373 e. The van der Waals surface area contributed by atoms with Crippen molar-refractivity contribution in [3.05, 3.63) is 29.8 Å². The molecular weight excluding hydrogens is 248 g/mol. The second-order valence-corrected chi connectivity index (χ2v) is 7.35. The molecule has 0 aromatic heterocycles. The lowest BCUT2D eigenvalue weighted by Crippen LogP contribution is -2.29. The Balaban J connectivity index is 2.75. The monoisotopic (exact) mass is 270 g/mol. The summed E-state index contributed by atoms with van der Waals surface area (Å²) in [5.41, 5.74) is 7.70. The third kappa shape index (κ3) is 3.71. The number of hydrogen-bond donors (Lipinski definition) is 1. The molecule has 1 aromatic rings. The Kier molecular flexibility index (Phi) is 5.16. The molecule has 0 aliphatic heterocycles. The average molecular weight is 270 g/mol. The summed E-state index contributed by atoms with van der Waals surface area (Å²) >= 11 is 0. The van der Waals surface area contributed by atoms with E-state index < -0.39 is 9.84 Å². The molecule has 0 saturated carbocycles. The van der Waals surface area contributed by atoms with Crippen molar-refractivity contribution in [2.45, 2.75) is 25.6 Å². The van der Waals surface area contributed by atoms with Crippen molar-refractivity contribution in [3.63, 3.8) is 0 Å². The fourth-order valence-electron chi connectivity index (χ4n) is 1.68. The quantitative estimate of drug-likeness (QED) is 0.849. The van der Waals surface area contributed by atoms with Gasteiger partial charge in [0.2, 0.25) is 0 Å². The summed E-state index contributed by atoms with van der Waals surface area (Å²) in [4.78, 5) is 1.95. The van der Waals surface area contributed by atoms with Gasteiger partial charge in [0.25, 0.3) is 0 Å². The molecule has 0 heterocycles. The van der Waals surface area contributed by atoms with Crippen molar-refractivity contribution in [2.75, 3.05) is 24.2 Å². The SMILES string of the molecule is CC(C)S(=O)(=O)CCN(C)c1ccccc1CN. The first-order chi connectivity index (χ1) is 8.38. The Morgan fingerprint density at radius 2 is 1.89 bits per heavy atom. The maximum atomic E-state index is 11.8. The van der Waals surface area contributed by atoms with E-state index >= 15 is 0 Å². The summed E-state index contributed by atoms with van der Waals surface area (Å²) in [6.45, 7) is 4.36. The van der Waals surface area contributed by atoms with Gasteiger partial charge in [0, 0.05) is 25.8 Å². The van der Waals surface area contributed by atoms with Gasteiger partial charge in [0.1, 0.15) is 0 Å². The maximum Gasteiger partial charge on any atom is 0.154 e. The molecule has 0 saturated heterocycles. The molecular formula is C13H22N2O2S. The van der Waals surface area contributed by atoms with Crippen LogP contribution in [0.2, 0.25) is 0 Å². The third-order valence-corrected chi connectivity index (χ3v) is 5.24. The van der Waals surface area contributed by atoms with Gasteiger partial charge in [-0.2, -0.15) is 0 Å². The number of anilines is 1. The van der Waals surface area contributed by atoms with Crippen LogP contribution in [0.15, 0.2) is 24.3 Å². The van der Waals surface area contributed by atoms with Crippen LogP contribution in [0.25, 0.3) is 0 Å². The van der Waals surface area contributed by atoms with Crippen molar-refractivity contribution in [2.24, 2.45) is 5.73 Å². The molecule has 0 bridgehead atoms. The van der Waals surface area contributed by atoms with Crippen molar-refractivity contribution in [1.29, 1.82) is 0 Å². The number of sulfone groups is 1. The third-order valence-electron chi connectivity index (χ3n) is 3.05. The molecule has 0 fully saturated rings. The van der Waals surface area contributed by atoms with Gasteiger partial charge in [0.05, 0.1) is 11.0 Å². The molecule has 2 N–H and O–H groups in total. The smallest absolute Gasteiger partial charge is 0.154 e. The molecule has 18 heavy (non-hydrogen) atoms. The normalized spacial score (nSPS) is 11.8. The van der Waals surface area contributed by atoms with E-state index in [0.29, 0.717) is 13.1 Å². The molecule has 0 unspecified atom stereocenters. The standard InChI is InChI=1S/C13H22N2O2S/c1-11(2)18(16,17)9-8-15(3)13-7-5-4-6-12(13)10-14/h4-7,11H,8-10,14H2,1-3H3. The van der Waals surface area contributed by atoms with E-state index in [1.807, 2.05) is 36.2 Å². The van der Waals surface area contributed by atoms with Gasteiger partial charge < -0.3 is 10.6 Å². The number of nitrogens with zero attached hydrogens (tertiary/aromatic N) is 1. The first-order valence-corrected chi connectivity index (χ1v) is 7.80. The van der Waals surface area contributed by atoms with Gasteiger partial charge in [-0.15, -0.1) is 0 Å². The molecule has 1 rings (SSSR count). The molecule has 0 atom stereocenters. The number of para-hydroxylation sites is 1. The highest BCUT2D eigenvalue weighted by Gasteiger charge is 2.17. The number of nitrogens with two attached hydrogens (primary N) is 1. The Hall–Kier alpha value is -1.07. The fourth-order valence-corrected chi connectivity index (χ4v) is 2.68. The molecule has 0 amide bonds. The van der Waals surface area contributed by atoms with E-state index in [1.54, 1.807) is 13.8 Å². The zero-order chi connectivity index (χ0) is 13.8. The van der Waals surface area contributed by atoms with Crippen LogP contribution in [0.4, 0.5) is 5.69 Å². The van der Waals surface area contributed by atoms with Crippen LogP contribution >= 0.6 is 0 Å². The van der Waals surface area contributed by atoms with Crippen LogP contribution in [0, 0.1) is 0 Å². The number of benzene rings is 1. The van der Waals surface area contributed by atoms with Crippen LogP contribution in [-0.2, 0) is 16.4 Å². The lowest BCUT2D eigenvalue weighted by molar-refractivity contribution is 0.586. The van der Waals surface area contributed by atoms with Gasteiger partial charge >= 0.3 is 0 Å². The number of rotatable bonds is 6. The largest absolute Gasteiger partial charge is 0.373 e. The van der Waals surface area contributed by atoms with E-state index in [4.69, 9.17) is 5.73 Å². The first kappa shape index (κ1) is 15.0. The Morgan fingerprint density at radius 1 is 1.28 bits per heavy atom. The van der Waals surface area contributed by atoms with Gasteiger partial charge in [-0.25, -0.2) is 8.42 Å². The van der Waals surface area contributed by atoms with Crippen molar-refractivity contribution in [1.82, 2.24) is 0 Å². The van der Waals surface area contributed by atoms with E-state index in [-0.39, 0.29) is 11.0 Å². The highest BCUT2D eigenvalue weighted by Crippen LogP contribution is 2.18. The summed E-state index contributed by atoms with van der Waals surface area (Å²) in [7, 11) is -1.10. The highest BCUT2D eigenvalue weighted by molar-refractivity contribution is 7.92. The highest BCUT2D eigenvalue weighted by atomic mass is 32.2. The maximum absolute atomic E-state index is 11.8. The van der Waals surface area contributed by atoms with Crippen molar-refractivity contribution >= 4 is 15.5 Å². The van der Waals surface area contributed by atoms with Gasteiger partial charge in [0.15, 0.2) is 9.84 Å². The summed E-state index contributed by atoms with van der Waals surface area (Å²) < 4.78 is 23.5. The van der Waals surface area contributed by atoms with Crippen molar-refractivity contribution in [3.8, 4) is 0 Å². The fraction of sp³-hybridized carbons (Fsp3) is 0.538. The summed E-state index contributed by atoms with van der Waals surface area (Å²) in [5.74, 6) is 0.167.